The number of hydrogen-bond donors (Lipinski definition) is 0. The Morgan fingerprint density at radius 2 is 1.79 bits per heavy atom. The first-order valence-electron chi connectivity index (χ1n) is 5.43. The minimum Gasteiger partial charge on any atom is -0.485 e. The van der Waals surface area contributed by atoms with Crippen molar-refractivity contribution in [3.8, 4) is 5.75 Å². The lowest BCUT2D eigenvalue weighted by molar-refractivity contribution is 0.0921. The van der Waals surface area contributed by atoms with Crippen LogP contribution in [-0.2, 0) is 0 Å². The lowest BCUT2D eigenvalue weighted by atomic mass is 10.1. The molecule has 0 saturated heterocycles. The van der Waals surface area contributed by atoms with E-state index in [2.05, 4.69) is 22.6 Å². The number of Topliss-reactive ketones (excluding diaryl/α,β-unsaturated/α-hetero) is 1. The van der Waals surface area contributed by atoms with Crippen molar-refractivity contribution in [3.05, 3.63) is 61.6 Å². The van der Waals surface area contributed by atoms with Crippen molar-refractivity contribution in [1.82, 2.24) is 0 Å². The van der Waals surface area contributed by atoms with Gasteiger partial charge in [0.2, 0.25) is 5.78 Å². The zero-order valence-corrected chi connectivity index (χ0v) is 13.4. The molecule has 2 aromatic carbocycles. The highest BCUT2D eigenvalue weighted by molar-refractivity contribution is 14.1. The standard InChI is InChI=1S/C14H9Cl2IO2/c15-9-1-6-12(13(16)7-9)14(18)8-19-11-4-2-10(17)3-5-11/h1-7H,8H2. The van der Waals surface area contributed by atoms with Crippen LogP contribution in [0.25, 0.3) is 0 Å². The third-order valence-corrected chi connectivity index (χ3v) is 3.68. The van der Waals surface area contributed by atoms with Crippen LogP contribution in [0.15, 0.2) is 42.5 Å². The lowest BCUT2D eigenvalue weighted by Crippen LogP contribution is -2.12. The fourth-order valence-electron chi connectivity index (χ4n) is 1.47. The van der Waals surface area contributed by atoms with Crippen LogP contribution in [0.3, 0.4) is 0 Å². The molecule has 2 rings (SSSR count). The van der Waals surface area contributed by atoms with Crippen LogP contribution in [0.4, 0.5) is 0 Å². The van der Waals surface area contributed by atoms with Crippen LogP contribution in [0.2, 0.25) is 10.0 Å². The van der Waals surface area contributed by atoms with Crippen molar-refractivity contribution in [3.63, 3.8) is 0 Å². The molecule has 0 unspecified atom stereocenters. The van der Waals surface area contributed by atoms with E-state index in [4.69, 9.17) is 27.9 Å². The summed E-state index contributed by atoms with van der Waals surface area (Å²) in [5, 5.41) is 0.837. The molecule has 2 aromatic rings. The molecule has 2 nitrogen and oxygen atoms in total. The van der Waals surface area contributed by atoms with Gasteiger partial charge < -0.3 is 4.74 Å². The number of ketones is 1. The van der Waals surface area contributed by atoms with Gasteiger partial charge in [0, 0.05) is 14.2 Å². The van der Waals surface area contributed by atoms with E-state index in [0.717, 1.165) is 3.57 Å². The van der Waals surface area contributed by atoms with E-state index >= 15 is 0 Å². The summed E-state index contributed by atoms with van der Waals surface area (Å²) < 4.78 is 6.53. The average molecular weight is 407 g/mol. The summed E-state index contributed by atoms with van der Waals surface area (Å²) in [7, 11) is 0. The van der Waals surface area contributed by atoms with Gasteiger partial charge >= 0.3 is 0 Å². The molecule has 98 valence electrons. The fraction of sp³-hybridized carbons (Fsp3) is 0.0714. The second-order valence-corrected chi connectivity index (χ2v) is 5.88. The highest BCUT2D eigenvalue weighted by Crippen LogP contribution is 2.22. The topological polar surface area (TPSA) is 26.3 Å². The number of benzene rings is 2. The number of halogens is 3. The van der Waals surface area contributed by atoms with Gasteiger partial charge in [0.15, 0.2) is 6.61 Å². The number of hydrogen-bond acceptors (Lipinski definition) is 2. The second-order valence-electron chi connectivity index (χ2n) is 3.79. The number of rotatable bonds is 4. The van der Waals surface area contributed by atoms with Gasteiger partial charge in [-0.1, -0.05) is 23.2 Å². The van der Waals surface area contributed by atoms with Crippen molar-refractivity contribution >= 4 is 51.6 Å². The maximum Gasteiger partial charge on any atom is 0.201 e. The molecule has 0 heterocycles. The summed E-state index contributed by atoms with van der Waals surface area (Å²) in [6.07, 6.45) is 0. The Bertz CT molecular complexity index is 597. The summed E-state index contributed by atoms with van der Waals surface area (Å²) in [6.45, 7) is -0.0536. The SMILES string of the molecule is O=C(COc1ccc(I)cc1)c1ccc(Cl)cc1Cl. The molecule has 0 N–H and O–H groups in total. The number of ether oxygens (including phenoxy) is 1. The van der Waals surface area contributed by atoms with Gasteiger partial charge in [-0.2, -0.15) is 0 Å². The van der Waals surface area contributed by atoms with E-state index in [1.54, 1.807) is 18.2 Å². The number of carbonyl (C=O) groups is 1. The molecule has 0 bridgehead atoms. The quantitative estimate of drug-likeness (QED) is 0.535. The zero-order valence-electron chi connectivity index (χ0n) is 9.70. The van der Waals surface area contributed by atoms with E-state index in [1.165, 1.54) is 0 Å². The summed E-state index contributed by atoms with van der Waals surface area (Å²) >= 11 is 13.9. The van der Waals surface area contributed by atoms with Gasteiger partial charge in [-0.15, -0.1) is 0 Å². The molecule has 0 aliphatic heterocycles. The van der Waals surface area contributed by atoms with Crippen molar-refractivity contribution in [2.24, 2.45) is 0 Å². The predicted molar refractivity (Wildman–Crippen MR) is 85.4 cm³/mol. The third-order valence-electron chi connectivity index (χ3n) is 2.42. The molecule has 19 heavy (non-hydrogen) atoms. The van der Waals surface area contributed by atoms with Crippen molar-refractivity contribution in [1.29, 1.82) is 0 Å². The molecule has 0 aromatic heterocycles. The molecule has 0 radical (unpaired) electrons. The largest absolute Gasteiger partial charge is 0.485 e. The minimum absolute atomic E-state index is 0.0536. The summed E-state index contributed by atoms with van der Waals surface area (Å²) in [4.78, 5) is 12.0. The smallest absolute Gasteiger partial charge is 0.201 e. The molecular weight excluding hydrogens is 398 g/mol. The molecule has 0 aliphatic rings. The molecule has 0 aliphatic carbocycles. The Kier molecular flexibility index (Phi) is 5.07. The zero-order chi connectivity index (χ0) is 13.8. The molecule has 5 heteroatoms. The summed E-state index contributed by atoms with van der Waals surface area (Å²) in [5.74, 6) is 0.471. The van der Waals surface area contributed by atoms with E-state index < -0.39 is 0 Å². The molecular formula is C14H9Cl2IO2. The highest BCUT2D eigenvalue weighted by Gasteiger charge is 2.11. The average Bonchev–Trinajstić information content (AvgIpc) is 2.37. The van der Waals surface area contributed by atoms with Gasteiger partial charge in [0.1, 0.15) is 5.75 Å². The lowest BCUT2D eigenvalue weighted by Gasteiger charge is -2.07. The second kappa shape index (κ2) is 6.59. The minimum atomic E-state index is -0.180. The maximum absolute atomic E-state index is 12.0. The van der Waals surface area contributed by atoms with E-state index in [0.29, 0.717) is 21.4 Å². The molecule has 0 fully saturated rings. The normalized spacial score (nSPS) is 10.3. The molecule has 0 spiro atoms. The van der Waals surface area contributed by atoms with Crippen LogP contribution >= 0.6 is 45.8 Å². The summed E-state index contributed by atoms with van der Waals surface area (Å²) in [6, 6.07) is 12.2. The van der Waals surface area contributed by atoms with E-state index in [9.17, 15) is 4.79 Å². The summed E-state index contributed by atoms with van der Waals surface area (Å²) in [5.41, 5.74) is 0.413. The Morgan fingerprint density at radius 1 is 1.11 bits per heavy atom. The van der Waals surface area contributed by atoms with Crippen LogP contribution in [-0.4, -0.2) is 12.4 Å². The first-order valence-corrected chi connectivity index (χ1v) is 7.26. The van der Waals surface area contributed by atoms with Gasteiger partial charge in [-0.25, -0.2) is 0 Å². The van der Waals surface area contributed by atoms with Crippen molar-refractivity contribution in [2.75, 3.05) is 6.61 Å². The third kappa shape index (κ3) is 4.09. The molecule has 0 amide bonds. The Labute approximate surface area is 134 Å². The van der Waals surface area contributed by atoms with Crippen LogP contribution in [0, 0.1) is 3.57 Å². The monoisotopic (exact) mass is 406 g/mol. The van der Waals surface area contributed by atoms with Crippen LogP contribution in [0.5, 0.6) is 5.75 Å². The first kappa shape index (κ1) is 14.6. The van der Waals surface area contributed by atoms with Gasteiger partial charge in [0.05, 0.1) is 5.02 Å². The van der Waals surface area contributed by atoms with Crippen LogP contribution in [0.1, 0.15) is 10.4 Å². The predicted octanol–water partition coefficient (Wildman–Crippen LogP) is 4.86. The van der Waals surface area contributed by atoms with Crippen molar-refractivity contribution < 1.29 is 9.53 Å². The molecule has 0 atom stereocenters. The first-order chi connectivity index (χ1) is 9.06. The van der Waals surface area contributed by atoms with Gasteiger partial charge in [0.25, 0.3) is 0 Å². The Balaban J connectivity index is 2.03. The Morgan fingerprint density at radius 3 is 2.42 bits per heavy atom. The van der Waals surface area contributed by atoms with Gasteiger partial charge in [-0.05, 0) is 65.1 Å². The van der Waals surface area contributed by atoms with Crippen LogP contribution < -0.4 is 4.74 Å². The number of carbonyl (C=O) groups excluding carboxylic acids is 1. The molecule has 0 saturated carbocycles. The van der Waals surface area contributed by atoms with E-state index in [-0.39, 0.29) is 12.4 Å². The van der Waals surface area contributed by atoms with Crippen molar-refractivity contribution in [2.45, 2.75) is 0 Å². The highest BCUT2D eigenvalue weighted by atomic mass is 127. The Hall–Kier alpha value is -0.780. The maximum atomic E-state index is 12.0. The fourth-order valence-corrected chi connectivity index (χ4v) is 2.35. The van der Waals surface area contributed by atoms with Gasteiger partial charge in [-0.3, -0.25) is 4.79 Å². The van der Waals surface area contributed by atoms with E-state index in [1.807, 2.05) is 24.3 Å².